The van der Waals surface area contributed by atoms with Crippen molar-refractivity contribution in [2.75, 3.05) is 7.11 Å². The number of halogens is 2. The van der Waals surface area contributed by atoms with Gasteiger partial charge in [0.25, 0.3) is 0 Å². The molecule has 0 amide bonds. The van der Waals surface area contributed by atoms with Crippen molar-refractivity contribution in [1.29, 1.82) is 0 Å². The van der Waals surface area contributed by atoms with Gasteiger partial charge in [0.15, 0.2) is 11.5 Å². The second-order valence-electron chi connectivity index (χ2n) is 4.23. The van der Waals surface area contributed by atoms with Crippen LogP contribution in [0.25, 0.3) is 0 Å². The van der Waals surface area contributed by atoms with Crippen LogP contribution in [0.4, 0.5) is 4.39 Å². The monoisotopic (exact) mass is 339 g/mol. The maximum atomic E-state index is 13.2. The van der Waals surface area contributed by atoms with Crippen molar-refractivity contribution in [3.05, 3.63) is 57.8 Å². The van der Waals surface area contributed by atoms with Crippen LogP contribution in [-0.2, 0) is 13.2 Å². The molecule has 2 aromatic rings. The van der Waals surface area contributed by atoms with Gasteiger partial charge in [-0.3, -0.25) is 0 Å². The van der Waals surface area contributed by atoms with Crippen molar-refractivity contribution in [3.63, 3.8) is 0 Å². The van der Waals surface area contributed by atoms with Crippen molar-refractivity contribution in [2.24, 2.45) is 5.73 Å². The van der Waals surface area contributed by atoms with E-state index in [1.807, 2.05) is 18.2 Å². The summed E-state index contributed by atoms with van der Waals surface area (Å²) >= 11 is 3.15. The zero-order valence-electron chi connectivity index (χ0n) is 11.0. The Kier molecular flexibility index (Phi) is 4.98. The predicted molar refractivity (Wildman–Crippen MR) is 79.3 cm³/mol. The highest BCUT2D eigenvalue weighted by Crippen LogP contribution is 2.29. The first-order chi connectivity index (χ1) is 9.63. The number of rotatable bonds is 5. The Hall–Kier alpha value is -1.59. The van der Waals surface area contributed by atoms with E-state index >= 15 is 0 Å². The second-order valence-corrected chi connectivity index (χ2v) is 5.08. The summed E-state index contributed by atoms with van der Waals surface area (Å²) in [6.45, 7) is 0.756. The Labute approximate surface area is 125 Å². The molecule has 0 aliphatic rings. The molecule has 0 aliphatic carbocycles. The van der Waals surface area contributed by atoms with Crippen molar-refractivity contribution >= 4 is 15.9 Å². The molecule has 3 nitrogen and oxygen atoms in total. The standard InChI is InChI=1S/C15H15BrFNO2/c1-19-14-5-3-10(8-18)7-15(14)20-9-11-2-4-13(17)12(16)6-11/h2-7H,8-9,18H2,1H3. The van der Waals surface area contributed by atoms with Gasteiger partial charge in [0.05, 0.1) is 11.6 Å². The molecule has 0 unspecified atom stereocenters. The highest BCUT2D eigenvalue weighted by Gasteiger charge is 2.07. The van der Waals surface area contributed by atoms with Gasteiger partial charge < -0.3 is 15.2 Å². The number of ether oxygens (including phenoxy) is 2. The molecule has 0 saturated carbocycles. The van der Waals surface area contributed by atoms with E-state index in [0.29, 0.717) is 29.1 Å². The molecule has 0 aliphatic heterocycles. The minimum atomic E-state index is -0.295. The molecule has 106 valence electrons. The Morgan fingerprint density at radius 2 is 1.85 bits per heavy atom. The van der Waals surface area contributed by atoms with Crippen molar-refractivity contribution in [2.45, 2.75) is 13.2 Å². The van der Waals surface area contributed by atoms with E-state index in [9.17, 15) is 4.39 Å². The van der Waals surface area contributed by atoms with Gasteiger partial charge in [0.2, 0.25) is 0 Å². The summed E-state index contributed by atoms with van der Waals surface area (Å²) in [5.74, 6) is 0.968. The lowest BCUT2D eigenvalue weighted by molar-refractivity contribution is 0.284. The van der Waals surface area contributed by atoms with Gasteiger partial charge in [0, 0.05) is 6.54 Å². The summed E-state index contributed by atoms with van der Waals surface area (Å²) in [7, 11) is 1.58. The molecule has 5 heteroatoms. The van der Waals surface area contributed by atoms with Crippen LogP contribution < -0.4 is 15.2 Å². The van der Waals surface area contributed by atoms with Gasteiger partial charge in [-0.15, -0.1) is 0 Å². The van der Waals surface area contributed by atoms with E-state index in [2.05, 4.69) is 15.9 Å². The molecule has 0 atom stereocenters. The average molecular weight is 340 g/mol. The highest BCUT2D eigenvalue weighted by atomic mass is 79.9. The van der Waals surface area contributed by atoms with Crippen LogP contribution in [0.5, 0.6) is 11.5 Å². The van der Waals surface area contributed by atoms with Crippen LogP contribution in [-0.4, -0.2) is 7.11 Å². The van der Waals surface area contributed by atoms with E-state index in [1.165, 1.54) is 6.07 Å². The number of benzene rings is 2. The zero-order chi connectivity index (χ0) is 14.5. The Morgan fingerprint density at radius 3 is 2.50 bits per heavy atom. The third-order valence-corrected chi connectivity index (χ3v) is 3.45. The van der Waals surface area contributed by atoms with Gasteiger partial charge in [-0.2, -0.15) is 0 Å². The minimum absolute atomic E-state index is 0.295. The number of nitrogens with two attached hydrogens (primary N) is 1. The maximum Gasteiger partial charge on any atom is 0.161 e. The lowest BCUT2D eigenvalue weighted by atomic mass is 10.2. The van der Waals surface area contributed by atoms with Crippen molar-refractivity contribution in [1.82, 2.24) is 0 Å². The van der Waals surface area contributed by atoms with E-state index < -0.39 is 0 Å². The summed E-state index contributed by atoms with van der Waals surface area (Å²) in [5.41, 5.74) is 7.43. The van der Waals surface area contributed by atoms with Crippen molar-refractivity contribution in [3.8, 4) is 11.5 Å². The molecular formula is C15H15BrFNO2. The molecule has 0 bridgehead atoms. The third kappa shape index (κ3) is 3.49. The first kappa shape index (κ1) is 14.8. The molecule has 0 saturated heterocycles. The fourth-order valence-electron chi connectivity index (χ4n) is 1.75. The van der Waals surface area contributed by atoms with Gasteiger partial charge in [-0.25, -0.2) is 4.39 Å². The molecule has 20 heavy (non-hydrogen) atoms. The lowest BCUT2D eigenvalue weighted by Crippen LogP contribution is -2.01. The van der Waals surface area contributed by atoms with Crippen LogP contribution in [0, 0.1) is 5.82 Å². The number of hydrogen-bond donors (Lipinski definition) is 1. The predicted octanol–water partition coefficient (Wildman–Crippen LogP) is 3.63. The van der Waals surface area contributed by atoms with Crippen LogP contribution in [0.3, 0.4) is 0 Å². The summed E-state index contributed by atoms with van der Waals surface area (Å²) in [5, 5.41) is 0. The molecule has 0 spiro atoms. The maximum absolute atomic E-state index is 13.2. The first-order valence-electron chi connectivity index (χ1n) is 6.07. The Balaban J connectivity index is 2.15. The Bertz CT molecular complexity index is 604. The number of hydrogen-bond acceptors (Lipinski definition) is 3. The molecule has 2 aromatic carbocycles. The molecular weight excluding hydrogens is 325 g/mol. The normalized spacial score (nSPS) is 10.4. The molecule has 2 rings (SSSR count). The first-order valence-corrected chi connectivity index (χ1v) is 6.87. The van der Waals surface area contributed by atoms with Crippen LogP contribution in [0.2, 0.25) is 0 Å². The van der Waals surface area contributed by atoms with Crippen LogP contribution in [0.1, 0.15) is 11.1 Å². The van der Waals surface area contributed by atoms with Gasteiger partial charge in [-0.05, 0) is 51.3 Å². The molecule has 0 radical (unpaired) electrons. The molecule has 0 fully saturated rings. The van der Waals surface area contributed by atoms with E-state index in [4.69, 9.17) is 15.2 Å². The lowest BCUT2D eigenvalue weighted by Gasteiger charge is -2.12. The highest BCUT2D eigenvalue weighted by molar-refractivity contribution is 9.10. The summed E-state index contributed by atoms with van der Waals surface area (Å²) in [6, 6.07) is 10.3. The van der Waals surface area contributed by atoms with Crippen LogP contribution >= 0.6 is 15.9 Å². The molecule has 0 aromatic heterocycles. The SMILES string of the molecule is COc1ccc(CN)cc1OCc1ccc(F)c(Br)c1. The van der Waals surface area contributed by atoms with E-state index in [1.54, 1.807) is 19.2 Å². The summed E-state index contributed by atoms with van der Waals surface area (Å²) in [4.78, 5) is 0. The fraction of sp³-hybridized carbons (Fsp3) is 0.200. The fourth-order valence-corrected chi connectivity index (χ4v) is 2.18. The van der Waals surface area contributed by atoms with E-state index in [0.717, 1.165) is 11.1 Å². The Morgan fingerprint density at radius 1 is 1.10 bits per heavy atom. The smallest absolute Gasteiger partial charge is 0.161 e. The third-order valence-electron chi connectivity index (χ3n) is 2.84. The van der Waals surface area contributed by atoms with Gasteiger partial charge in [0.1, 0.15) is 12.4 Å². The summed E-state index contributed by atoms with van der Waals surface area (Å²) in [6.07, 6.45) is 0. The minimum Gasteiger partial charge on any atom is -0.493 e. The summed E-state index contributed by atoms with van der Waals surface area (Å²) < 4.78 is 24.5. The van der Waals surface area contributed by atoms with Crippen LogP contribution in [0.15, 0.2) is 40.9 Å². The quantitative estimate of drug-likeness (QED) is 0.904. The second kappa shape index (κ2) is 6.72. The van der Waals surface area contributed by atoms with Crippen molar-refractivity contribution < 1.29 is 13.9 Å². The van der Waals surface area contributed by atoms with E-state index in [-0.39, 0.29) is 5.82 Å². The zero-order valence-corrected chi connectivity index (χ0v) is 12.6. The van der Waals surface area contributed by atoms with Gasteiger partial charge in [-0.1, -0.05) is 12.1 Å². The molecule has 0 heterocycles. The topological polar surface area (TPSA) is 44.5 Å². The number of methoxy groups -OCH3 is 1. The average Bonchev–Trinajstić information content (AvgIpc) is 2.48. The largest absolute Gasteiger partial charge is 0.493 e. The molecule has 2 N–H and O–H groups in total. The van der Waals surface area contributed by atoms with Gasteiger partial charge >= 0.3 is 0 Å².